The minimum Gasteiger partial charge on any atom is -0.299 e. The summed E-state index contributed by atoms with van der Waals surface area (Å²) in [6, 6.07) is 0. The zero-order valence-electron chi connectivity index (χ0n) is 9.61. The molecular weight excluding hydrogens is 160 g/mol. The highest BCUT2D eigenvalue weighted by atomic mass is 16.1. The van der Waals surface area contributed by atoms with Gasteiger partial charge in [-0.1, -0.05) is 41.0 Å². The van der Waals surface area contributed by atoms with Crippen LogP contribution >= 0.6 is 0 Å². The number of carbonyl (C=O) groups is 1. The van der Waals surface area contributed by atoms with Gasteiger partial charge in [0.25, 0.3) is 0 Å². The van der Waals surface area contributed by atoms with Gasteiger partial charge in [0.1, 0.15) is 5.78 Å². The Labute approximate surface area is 81.9 Å². The van der Waals surface area contributed by atoms with E-state index in [9.17, 15) is 4.79 Å². The Balaban J connectivity index is 2.95. The van der Waals surface area contributed by atoms with Crippen LogP contribution in [0.5, 0.6) is 0 Å². The SMILES string of the molecule is CCC1(C)CCC(=O)C(C)(C)C1C. The van der Waals surface area contributed by atoms with E-state index < -0.39 is 0 Å². The fourth-order valence-corrected chi connectivity index (χ4v) is 2.53. The average Bonchev–Trinajstić information content (AvgIpc) is 2.10. The molecule has 0 heterocycles. The number of Topliss-reactive ketones (excluding diaryl/α,β-unsaturated/α-hetero) is 1. The molecule has 0 aromatic rings. The minimum atomic E-state index is -0.108. The normalized spacial score (nSPS) is 39.2. The fraction of sp³-hybridized carbons (Fsp3) is 0.917. The smallest absolute Gasteiger partial charge is 0.138 e. The monoisotopic (exact) mass is 182 g/mol. The molecule has 1 rings (SSSR count). The summed E-state index contributed by atoms with van der Waals surface area (Å²) in [6.07, 6.45) is 3.04. The van der Waals surface area contributed by atoms with Crippen LogP contribution in [0.2, 0.25) is 0 Å². The van der Waals surface area contributed by atoms with Crippen LogP contribution in [0, 0.1) is 16.7 Å². The van der Waals surface area contributed by atoms with Crippen molar-refractivity contribution in [2.45, 2.75) is 53.9 Å². The maximum absolute atomic E-state index is 11.7. The number of carbonyl (C=O) groups excluding carboxylic acids is 1. The average molecular weight is 182 g/mol. The molecule has 0 saturated heterocycles. The molecule has 2 atom stereocenters. The highest BCUT2D eigenvalue weighted by molar-refractivity contribution is 5.85. The number of ketones is 1. The van der Waals surface area contributed by atoms with Gasteiger partial charge in [-0.2, -0.15) is 0 Å². The molecule has 0 aliphatic heterocycles. The van der Waals surface area contributed by atoms with Gasteiger partial charge in [0, 0.05) is 11.8 Å². The minimum absolute atomic E-state index is 0.108. The summed E-state index contributed by atoms with van der Waals surface area (Å²) < 4.78 is 0. The zero-order valence-corrected chi connectivity index (χ0v) is 9.61. The van der Waals surface area contributed by atoms with Crippen molar-refractivity contribution < 1.29 is 4.79 Å². The van der Waals surface area contributed by atoms with Gasteiger partial charge in [0.15, 0.2) is 0 Å². The van der Waals surface area contributed by atoms with Gasteiger partial charge in [-0.15, -0.1) is 0 Å². The molecule has 1 aliphatic rings. The number of hydrogen-bond donors (Lipinski definition) is 0. The van der Waals surface area contributed by atoms with Gasteiger partial charge < -0.3 is 0 Å². The van der Waals surface area contributed by atoms with E-state index in [1.165, 1.54) is 6.42 Å². The van der Waals surface area contributed by atoms with Crippen LogP contribution in [0.3, 0.4) is 0 Å². The summed E-state index contributed by atoms with van der Waals surface area (Å²) in [4.78, 5) is 11.7. The van der Waals surface area contributed by atoms with Crippen LogP contribution in [0.1, 0.15) is 53.9 Å². The van der Waals surface area contributed by atoms with Crippen LogP contribution < -0.4 is 0 Å². The quantitative estimate of drug-likeness (QED) is 0.607. The van der Waals surface area contributed by atoms with Crippen molar-refractivity contribution >= 4 is 5.78 Å². The summed E-state index contributed by atoms with van der Waals surface area (Å²) in [5, 5.41) is 0. The molecular formula is C12H22O. The third kappa shape index (κ3) is 1.53. The van der Waals surface area contributed by atoms with Crippen LogP contribution in [0.25, 0.3) is 0 Å². The van der Waals surface area contributed by atoms with E-state index >= 15 is 0 Å². The lowest BCUT2D eigenvalue weighted by Crippen LogP contribution is -2.45. The first-order valence-corrected chi connectivity index (χ1v) is 5.38. The molecule has 1 heteroatoms. The molecule has 0 amide bonds. The predicted octanol–water partition coefficient (Wildman–Crippen LogP) is 3.43. The second-order valence-electron chi connectivity index (χ2n) is 5.37. The Morgan fingerprint density at radius 3 is 2.38 bits per heavy atom. The molecule has 0 spiro atoms. The highest BCUT2D eigenvalue weighted by Crippen LogP contribution is 2.50. The van der Waals surface area contributed by atoms with Crippen molar-refractivity contribution in [2.24, 2.45) is 16.7 Å². The van der Waals surface area contributed by atoms with Gasteiger partial charge >= 0.3 is 0 Å². The highest BCUT2D eigenvalue weighted by Gasteiger charge is 2.47. The standard InChI is InChI=1S/C12H22O/c1-6-12(5)8-7-10(13)11(3,4)9(12)2/h9H,6-8H2,1-5H3. The summed E-state index contributed by atoms with van der Waals surface area (Å²) in [6.45, 7) is 11.0. The van der Waals surface area contributed by atoms with Gasteiger partial charge in [0.05, 0.1) is 0 Å². The van der Waals surface area contributed by atoms with Gasteiger partial charge in [0.2, 0.25) is 0 Å². The van der Waals surface area contributed by atoms with E-state index in [-0.39, 0.29) is 5.41 Å². The van der Waals surface area contributed by atoms with Crippen LogP contribution in [0.15, 0.2) is 0 Å². The molecule has 0 radical (unpaired) electrons. The molecule has 2 unspecified atom stereocenters. The summed E-state index contributed by atoms with van der Waals surface area (Å²) in [5.41, 5.74) is 0.264. The van der Waals surface area contributed by atoms with E-state index in [4.69, 9.17) is 0 Å². The Bertz CT molecular complexity index is 217. The van der Waals surface area contributed by atoms with Crippen LogP contribution in [-0.2, 0) is 4.79 Å². The lowest BCUT2D eigenvalue weighted by atomic mass is 9.56. The topological polar surface area (TPSA) is 17.1 Å². The molecule has 1 fully saturated rings. The summed E-state index contributed by atoms with van der Waals surface area (Å²) in [5.74, 6) is 0.956. The molecule has 1 nitrogen and oxygen atoms in total. The van der Waals surface area contributed by atoms with Gasteiger partial charge in [-0.25, -0.2) is 0 Å². The second kappa shape index (κ2) is 3.11. The molecule has 76 valence electrons. The second-order valence-corrected chi connectivity index (χ2v) is 5.37. The third-order valence-electron chi connectivity index (χ3n) is 4.58. The maximum atomic E-state index is 11.7. The number of rotatable bonds is 1. The fourth-order valence-electron chi connectivity index (χ4n) is 2.53. The first-order chi connectivity index (χ1) is 5.84. The van der Waals surface area contributed by atoms with Crippen molar-refractivity contribution in [1.82, 2.24) is 0 Å². The Hall–Kier alpha value is -0.330. The lowest BCUT2D eigenvalue weighted by molar-refractivity contribution is -0.138. The summed E-state index contributed by atoms with van der Waals surface area (Å²) in [7, 11) is 0. The Morgan fingerprint density at radius 1 is 1.38 bits per heavy atom. The molecule has 0 bridgehead atoms. The summed E-state index contributed by atoms with van der Waals surface area (Å²) >= 11 is 0. The van der Waals surface area contributed by atoms with E-state index in [1.54, 1.807) is 0 Å². The molecule has 0 aromatic heterocycles. The third-order valence-corrected chi connectivity index (χ3v) is 4.58. The predicted molar refractivity (Wildman–Crippen MR) is 55.6 cm³/mol. The molecule has 1 aliphatic carbocycles. The maximum Gasteiger partial charge on any atom is 0.138 e. The van der Waals surface area contributed by atoms with E-state index in [1.807, 2.05) is 0 Å². The van der Waals surface area contributed by atoms with Gasteiger partial charge in [-0.05, 0) is 17.8 Å². The largest absolute Gasteiger partial charge is 0.299 e. The van der Waals surface area contributed by atoms with E-state index in [0.29, 0.717) is 17.1 Å². The van der Waals surface area contributed by atoms with Crippen LogP contribution in [-0.4, -0.2) is 5.78 Å². The van der Waals surface area contributed by atoms with Crippen molar-refractivity contribution in [3.63, 3.8) is 0 Å². The zero-order chi connectivity index (χ0) is 10.3. The van der Waals surface area contributed by atoms with Crippen LogP contribution in [0.4, 0.5) is 0 Å². The molecule has 0 N–H and O–H groups in total. The number of hydrogen-bond acceptors (Lipinski definition) is 1. The van der Waals surface area contributed by atoms with Crippen molar-refractivity contribution in [3.05, 3.63) is 0 Å². The molecule has 0 aromatic carbocycles. The first-order valence-electron chi connectivity index (χ1n) is 5.38. The van der Waals surface area contributed by atoms with Gasteiger partial charge in [-0.3, -0.25) is 4.79 Å². The van der Waals surface area contributed by atoms with Crippen molar-refractivity contribution in [1.29, 1.82) is 0 Å². The molecule has 13 heavy (non-hydrogen) atoms. The van der Waals surface area contributed by atoms with E-state index in [0.717, 1.165) is 12.8 Å². The first kappa shape index (κ1) is 10.7. The lowest BCUT2D eigenvalue weighted by Gasteiger charge is -2.48. The van der Waals surface area contributed by atoms with Crippen molar-refractivity contribution in [3.8, 4) is 0 Å². The van der Waals surface area contributed by atoms with E-state index in [2.05, 4.69) is 34.6 Å². The Morgan fingerprint density at radius 2 is 1.92 bits per heavy atom. The molecule has 1 saturated carbocycles. The van der Waals surface area contributed by atoms with Crippen molar-refractivity contribution in [2.75, 3.05) is 0 Å². The Kier molecular flexibility index (Phi) is 2.57.